The molecular weight excluding hydrogens is 515 g/mol. The van der Waals surface area contributed by atoms with Gasteiger partial charge in [0.25, 0.3) is 11.8 Å². The number of aromatic nitrogens is 2. The van der Waals surface area contributed by atoms with E-state index in [1.807, 2.05) is 0 Å². The number of pyridine rings is 1. The van der Waals surface area contributed by atoms with Crippen molar-refractivity contribution in [3.8, 4) is 0 Å². The molecule has 0 bridgehead atoms. The van der Waals surface area contributed by atoms with E-state index >= 15 is 0 Å². The normalized spacial score (nSPS) is 20.4. The van der Waals surface area contributed by atoms with Crippen LogP contribution in [0.4, 0.5) is 5.13 Å². The van der Waals surface area contributed by atoms with Crippen molar-refractivity contribution in [3.63, 3.8) is 0 Å². The molecule has 2 aliphatic rings. The molecule has 15 heteroatoms. The van der Waals surface area contributed by atoms with Crippen LogP contribution in [0.5, 0.6) is 0 Å². The van der Waals surface area contributed by atoms with E-state index in [-0.39, 0.29) is 20.9 Å². The smallest absolute Gasteiger partial charge is 0.353 e. The van der Waals surface area contributed by atoms with E-state index in [1.54, 1.807) is 12.1 Å². The van der Waals surface area contributed by atoms with Crippen LogP contribution in [0, 0.1) is 0 Å². The number of carbonyl (C=O) groups is 3. The molecule has 33 heavy (non-hydrogen) atoms. The van der Waals surface area contributed by atoms with Crippen LogP contribution in [-0.2, 0) is 14.4 Å². The summed E-state index contributed by atoms with van der Waals surface area (Å²) in [6, 6.07) is 1.71. The predicted molar refractivity (Wildman–Crippen MR) is 121 cm³/mol. The van der Waals surface area contributed by atoms with Gasteiger partial charge in [-0.2, -0.15) is 0 Å². The Kier molecular flexibility index (Phi) is 6.47. The maximum Gasteiger partial charge on any atom is 0.353 e. The number of nitrogens with two attached hydrogens (primary N) is 1. The quantitative estimate of drug-likeness (QED) is 0.144. The lowest BCUT2D eigenvalue weighted by Crippen LogP contribution is -2.72. The number of thioether (sulfide) groups is 1. The Labute approximate surface area is 204 Å². The van der Waals surface area contributed by atoms with E-state index in [4.69, 9.17) is 28.9 Å². The van der Waals surface area contributed by atoms with E-state index in [9.17, 15) is 24.7 Å². The van der Waals surface area contributed by atoms with Gasteiger partial charge in [-0.15, -0.1) is 0 Å². The number of fused-ring (bicyclic) bond motifs is 1. The first-order chi connectivity index (χ1) is 15.7. The van der Waals surface area contributed by atoms with Crippen molar-refractivity contribution in [2.45, 2.75) is 29.8 Å². The summed E-state index contributed by atoms with van der Waals surface area (Å²) in [6.45, 7) is 0. The molecule has 4 rings (SSSR count). The number of aliphatic carboxylic acids is 1. The summed E-state index contributed by atoms with van der Waals surface area (Å²) >= 11 is 13.8. The van der Waals surface area contributed by atoms with Gasteiger partial charge in [0.2, 0.25) is 0 Å². The number of carboxylic acid groups (broad SMARTS) is 1. The number of hydrogen-bond donors (Lipinski definition) is 4. The summed E-state index contributed by atoms with van der Waals surface area (Å²) in [5.41, 5.74) is 4.79. The number of carboxylic acids is 1. The molecule has 0 spiro atoms. The second-order valence-electron chi connectivity index (χ2n) is 6.88. The van der Waals surface area contributed by atoms with Crippen LogP contribution in [-0.4, -0.2) is 60.8 Å². The van der Waals surface area contributed by atoms with Gasteiger partial charge >= 0.3 is 5.97 Å². The van der Waals surface area contributed by atoms with Crippen LogP contribution in [0.1, 0.15) is 18.5 Å². The largest absolute Gasteiger partial charge is 0.477 e. The molecule has 11 nitrogen and oxygen atoms in total. The van der Waals surface area contributed by atoms with Crippen LogP contribution in [0.2, 0.25) is 9.49 Å². The number of thiazole rings is 1. The SMILES string of the molecule is Nc1nc(/C(=N/O)C(=O)NC2C(=O)N3C(C(=O)O)=C(Sc4ccc(Cl)nc4)CCC23)c(Cl)s1. The standard InChI is InChI=1S/C18H14Cl2N6O5S2/c19-9-4-1-6(5-22-9)32-8-3-2-7-10(16(28)26(7)13(8)17(29)30)23-15(27)12(25-31)11-14(20)33-18(21)24-11/h1,4-5,7,10,31H,2-3H2,(H2,21,24)(H,23,27)(H,29,30)/b25-12-. The summed E-state index contributed by atoms with van der Waals surface area (Å²) in [7, 11) is 0. The lowest BCUT2D eigenvalue weighted by molar-refractivity contribution is -0.155. The van der Waals surface area contributed by atoms with E-state index in [0.29, 0.717) is 27.8 Å². The second kappa shape index (κ2) is 9.17. The summed E-state index contributed by atoms with van der Waals surface area (Å²) in [5, 5.41) is 24.9. The highest BCUT2D eigenvalue weighted by Crippen LogP contribution is 2.43. The minimum atomic E-state index is -1.26. The number of oxime groups is 1. The zero-order chi connectivity index (χ0) is 23.9. The Morgan fingerprint density at radius 2 is 2.12 bits per heavy atom. The lowest BCUT2D eigenvalue weighted by Gasteiger charge is -2.50. The summed E-state index contributed by atoms with van der Waals surface area (Å²) < 4.78 is 0.0455. The minimum Gasteiger partial charge on any atom is -0.477 e. The number of rotatable bonds is 6. The fraction of sp³-hybridized carbons (Fsp3) is 0.222. The van der Waals surface area contributed by atoms with Crippen molar-refractivity contribution in [3.05, 3.63) is 44.1 Å². The maximum atomic E-state index is 12.8. The number of allylic oxidation sites excluding steroid dienone is 1. The highest BCUT2D eigenvalue weighted by atomic mass is 35.5. The van der Waals surface area contributed by atoms with Crippen molar-refractivity contribution in [1.29, 1.82) is 0 Å². The van der Waals surface area contributed by atoms with Crippen molar-refractivity contribution >= 4 is 74.9 Å². The molecule has 2 aromatic rings. The third-order valence-electron chi connectivity index (χ3n) is 4.96. The number of carbonyl (C=O) groups excluding carboxylic acids is 2. The summed E-state index contributed by atoms with van der Waals surface area (Å²) in [4.78, 5) is 47.6. The summed E-state index contributed by atoms with van der Waals surface area (Å²) in [6.07, 6.45) is 2.29. The molecule has 1 fully saturated rings. The molecule has 0 aliphatic carbocycles. The molecule has 5 N–H and O–H groups in total. The molecule has 0 saturated carbocycles. The van der Waals surface area contributed by atoms with Crippen molar-refractivity contribution in [1.82, 2.24) is 20.2 Å². The molecule has 4 heterocycles. The Hall–Kier alpha value is -2.87. The third kappa shape index (κ3) is 4.36. The van der Waals surface area contributed by atoms with E-state index in [0.717, 1.165) is 16.2 Å². The number of anilines is 1. The van der Waals surface area contributed by atoms with Gasteiger partial charge in [-0.05, 0) is 25.0 Å². The second-order valence-corrected chi connectivity index (χ2v) is 10.1. The highest BCUT2D eigenvalue weighted by molar-refractivity contribution is 8.03. The number of nitrogens with one attached hydrogen (secondary N) is 1. The van der Waals surface area contributed by atoms with Crippen molar-refractivity contribution in [2.24, 2.45) is 5.16 Å². The van der Waals surface area contributed by atoms with Crippen LogP contribution < -0.4 is 11.1 Å². The molecule has 1 saturated heterocycles. The predicted octanol–water partition coefficient (Wildman–Crippen LogP) is 2.18. The lowest BCUT2D eigenvalue weighted by atomic mass is 9.86. The Balaban J connectivity index is 1.53. The molecule has 2 atom stereocenters. The van der Waals surface area contributed by atoms with Gasteiger partial charge in [-0.25, -0.2) is 14.8 Å². The first-order valence-electron chi connectivity index (χ1n) is 9.25. The van der Waals surface area contributed by atoms with Crippen molar-refractivity contribution < 1.29 is 24.7 Å². The van der Waals surface area contributed by atoms with E-state index in [2.05, 4.69) is 20.4 Å². The van der Waals surface area contributed by atoms with Crippen LogP contribution >= 0.6 is 46.3 Å². The number of nitrogens with zero attached hydrogens (tertiary/aromatic N) is 4. The fourth-order valence-corrected chi connectivity index (χ4v) is 5.63. The van der Waals surface area contributed by atoms with Crippen LogP contribution in [0.25, 0.3) is 0 Å². The zero-order valence-corrected chi connectivity index (χ0v) is 19.5. The first-order valence-corrected chi connectivity index (χ1v) is 11.6. The maximum absolute atomic E-state index is 12.8. The monoisotopic (exact) mass is 528 g/mol. The third-order valence-corrected chi connectivity index (χ3v) is 7.39. The molecule has 0 radical (unpaired) electrons. The molecule has 2 aliphatic heterocycles. The molecule has 2 aromatic heterocycles. The van der Waals surface area contributed by atoms with Gasteiger partial charge in [0.1, 0.15) is 26.9 Å². The van der Waals surface area contributed by atoms with Gasteiger partial charge in [0, 0.05) is 16.0 Å². The number of amides is 2. The minimum absolute atomic E-state index is 0.0455. The number of nitrogen functional groups attached to an aromatic ring is 1. The first kappa shape index (κ1) is 23.3. The molecule has 2 amide bonds. The van der Waals surface area contributed by atoms with Gasteiger partial charge in [-0.1, -0.05) is 51.5 Å². The number of halogens is 2. The molecular formula is C18H14Cl2N6O5S2. The van der Waals surface area contributed by atoms with Crippen LogP contribution in [0.3, 0.4) is 0 Å². The van der Waals surface area contributed by atoms with Gasteiger partial charge in [0.05, 0.1) is 6.04 Å². The van der Waals surface area contributed by atoms with E-state index < -0.39 is 35.6 Å². The number of hydrogen-bond acceptors (Lipinski definition) is 10. The topological polar surface area (TPSA) is 171 Å². The molecule has 2 unspecified atom stereocenters. The van der Waals surface area contributed by atoms with Gasteiger partial charge in [-0.3, -0.25) is 14.5 Å². The van der Waals surface area contributed by atoms with Crippen molar-refractivity contribution in [2.75, 3.05) is 5.73 Å². The summed E-state index contributed by atoms with van der Waals surface area (Å²) in [5.74, 6) is -2.75. The zero-order valence-electron chi connectivity index (χ0n) is 16.4. The Morgan fingerprint density at radius 3 is 2.70 bits per heavy atom. The highest BCUT2D eigenvalue weighted by Gasteiger charge is 2.53. The fourth-order valence-electron chi connectivity index (χ4n) is 3.57. The van der Waals surface area contributed by atoms with Gasteiger partial charge in [0.15, 0.2) is 10.8 Å². The molecule has 172 valence electrons. The van der Waals surface area contributed by atoms with E-state index in [1.165, 1.54) is 18.0 Å². The Bertz CT molecular complexity index is 1220. The average molecular weight is 529 g/mol. The molecule has 0 aromatic carbocycles. The number of β-lactam (4-membered cyclic amide) rings is 1. The van der Waals surface area contributed by atoms with Crippen LogP contribution in [0.15, 0.2) is 39.0 Å². The van der Waals surface area contributed by atoms with Gasteiger partial charge < -0.3 is 21.4 Å². The average Bonchev–Trinajstić information content (AvgIpc) is 3.11. The Morgan fingerprint density at radius 1 is 1.36 bits per heavy atom.